The van der Waals surface area contributed by atoms with Crippen molar-refractivity contribution in [3.63, 3.8) is 0 Å². The van der Waals surface area contributed by atoms with E-state index < -0.39 is 84.8 Å². The topological polar surface area (TPSA) is 216 Å². The Bertz CT molecular complexity index is 1470. The van der Waals surface area contributed by atoms with E-state index in [0.717, 1.165) is 37.7 Å². The number of aliphatic hydroxyl groups is 8. The van der Waals surface area contributed by atoms with Gasteiger partial charge in [0.1, 0.15) is 42.7 Å². The van der Waals surface area contributed by atoms with Crippen molar-refractivity contribution in [1.29, 1.82) is 0 Å². The Morgan fingerprint density at radius 2 is 1.50 bits per heavy atom. The van der Waals surface area contributed by atoms with Crippen molar-refractivity contribution in [2.24, 2.45) is 50.7 Å². The van der Waals surface area contributed by atoms with Crippen LogP contribution in [0.15, 0.2) is 11.6 Å². The zero-order valence-electron chi connectivity index (χ0n) is 33.1. The largest absolute Gasteiger partial charge is 0.432 e. The summed E-state index contributed by atoms with van der Waals surface area (Å²) in [5.41, 5.74) is -2.15. The van der Waals surface area contributed by atoms with E-state index in [0.29, 0.717) is 31.6 Å². The zero-order chi connectivity index (χ0) is 39.6. The molecule has 0 aromatic heterocycles. The van der Waals surface area contributed by atoms with Crippen molar-refractivity contribution in [1.82, 2.24) is 0 Å². The SMILES string of the molecule is C[C@@H]1CC[C@]2(C(=O)OC3O[C@H](CO)[C@@H](O)[C@H](O)[C@H]3O)CC[C@]3(C)C(=CC[C@@H]4[C@@]5(C)CC[C@H](O[C@@H]6OC[C@H](O)[C@H](O)[C@H]6O)C(C)(C)[C@@H]5CC[C@]43C)[C@@H]2[C@]1(C)O. The van der Waals surface area contributed by atoms with Gasteiger partial charge in [0.25, 0.3) is 0 Å². The van der Waals surface area contributed by atoms with Crippen molar-refractivity contribution in [3.05, 3.63) is 11.6 Å². The molecule has 0 spiro atoms. The number of carbonyl (C=O) groups excluding carboxylic acids is 1. The molecule has 0 aromatic rings. The van der Waals surface area contributed by atoms with Crippen LogP contribution in [0.4, 0.5) is 0 Å². The zero-order valence-corrected chi connectivity index (χ0v) is 33.1. The summed E-state index contributed by atoms with van der Waals surface area (Å²) < 4.78 is 23.7. The van der Waals surface area contributed by atoms with Gasteiger partial charge in [-0.3, -0.25) is 4.79 Å². The molecule has 2 saturated heterocycles. The first kappa shape index (κ1) is 40.9. The van der Waals surface area contributed by atoms with Crippen LogP contribution in [-0.4, -0.2) is 127 Å². The van der Waals surface area contributed by atoms with E-state index >= 15 is 0 Å². The number of aliphatic hydroxyl groups excluding tert-OH is 7. The summed E-state index contributed by atoms with van der Waals surface area (Å²) in [4.78, 5) is 14.6. The lowest BCUT2D eigenvalue weighted by atomic mass is 9.33. The summed E-state index contributed by atoms with van der Waals surface area (Å²) in [7, 11) is 0. The van der Waals surface area contributed by atoms with E-state index in [1.807, 2.05) is 13.8 Å². The predicted octanol–water partition coefficient (Wildman–Crippen LogP) is 1.93. The fourth-order valence-electron chi connectivity index (χ4n) is 13.5. The third-order valence-electron chi connectivity index (χ3n) is 17.2. The van der Waals surface area contributed by atoms with Crippen LogP contribution in [0.2, 0.25) is 0 Å². The van der Waals surface area contributed by atoms with Gasteiger partial charge in [0.15, 0.2) is 6.29 Å². The molecule has 0 aromatic carbocycles. The number of carbonyl (C=O) groups is 1. The highest BCUT2D eigenvalue weighted by Crippen LogP contribution is 2.76. The Kier molecular flexibility index (Phi) is 10.4. The quantitative estimate of drug-likeness (QED) is 0.114. The van der Waals surface area contributed by atoms with Crippen LogP contribution in [0.5, 0.6) is 0 Å². The molecule has 2 heterocycles. The lowest BCUT2D eigenvalue weighted by Crippen LogP contribution is -2.68. The smallest absolute Gasteiger partial charge is 0.315 e. The van der Waals surface area contributed by atoms with Crippen LogP contribution in [0, 0.1) is 50.7 Å². The van der Waals surface area contributed by atoms with Crippen LogP contribution < -0.4 is 0 Å². The maximum Gasteiger partial charge on any atom is 0.315 e. The van der Waals surface area contributed by atoms with E-state index in [4.69, 9.17) is 18.9 Å². The second-order valence-electron chi connectivity index (χ2n) is 19.9. The summed E-state index contributed by atoms with van der Waals surface area (Å²) in [6, 6.07) is 0. The lowest BCUT2D eigenvalue weighted by molar-refractivity contribution is -0.308. The van der Waals surface area contributed by atoms with Gasteiger partial charge in [-0.15, -0.1) is 0 Å². The van der Waals surface area contributed by atoms with Gasteiger partial charge in [0, 0.05) is 5.92 Å². The van der Waals surface area contributed by atoms with Gasteiger partial charge < -0.3 is 59.8 Å². The minimum Gasteiger partial charge on any atom is -0.432 e. The van der Waals surface area contributed by atoms with Crippen molar-refractivity contribution in [2.45, 2.75) is 173 Å². The van der Waals surface area contributed by atoms with E-state index in [1.54, 1.807) is 0 Å². The minimum atomic E-state index is -1.72. The summed E-state index contributed by atoms with van der Waals surface area (Å²) in [5, 5.41) is 84.8. The highest BCUT2D eigenvalue weighted by molar-refractivity contribution is 5.79. The molecule has 2 aliphatic heterocycles. The molecule has 6 fully saturated rings. The van der Waals surface area contributed by atoms with Gasteiger partial charge in [-0.1, -0.05) is 53.2 Å². The highest BCUT2D eigenvalue weighted by Gasteiger charge is 2.72. The second kappa shape index (κ2) is 13.7. The molecule has 13 heteroatoms. The average molecular weight is 767 g/mol. The molecule has 7 aliphatic rings. The van der Waals surface area contributed by atoms with Gasteiger partial charge in [-0.25, -0.2) is 0 Å². The van der Waals surface area contributed by atoms with Crippen molar-refractivity contribution < 1.29 is 64.6 Å². The summed E-state index contributed by atoms with van der Waals surface area (Å²) in [6.45, 7) is 14.8. The minimum absolute atomic E-state index is 0.0674. The Labute approximate surface area is 319 Å². The summed E-state index contributed by atoms with van der Waals surface area (Å²) >= 11 is 0. The third-order valence-corrected chi connectivity index (χ3v) is 17.2. The van der Waals surface area contributed by atoms with Gasteiger partial charge in [-0.2, -0.15) is 0 Å². The molecule has 54 heavy (non-hydrogen) atoms. The molecule has 8 N–H and O–H groups in total. The summed E-state index contributed by atoms with van der Waals surface area (Å²) in [5.74, 6) is -0.699. The van der Waals surface area contributed by atoms with Gasteiger partial charge in [-0.05, 0) is 104 Å². The number of hydrogen-bond acceptors (Lipinski definition) is 13. The average Bonchev–Trinajstić information content (AvgIpc) is 3.11. The first-order valence-electron chi connectivity index (χ1n) is 20.4. The molecule has 0 amide bonds. The first-order chi connectivity index (χ1) is 25.1. The monoisotopic (exact) mass is 766 g/mol. The third kappa shape index (κ3) is 5.68. The number of rotatable bonds is 5. The highest BCUT2D eigenvalue weighted by atomic mass is 16.7. The molecule has 308 valence electrons. The molecule has 7 rings (SSSR count). The van der Waals surface area contributed by atoms with Gasteiger partial charge >= 0.3 is 5.97 Å². The Hall–Kier alpha value is -1.23. The van der Waals surface area contributed by atoms with Crippen LogP contribution >= 0.6 is 0 Å². The van der Waals surface area contributed by atoms with E-state index in [-0.39, 0.29) is 46.2 Å². The number of fused-ring (bicyclic) bond motifs is 7. The van der Waals surface area contributed by atoms with Crippen LogP contribution in [-0.2, 0) is 23.7 Å². The van der Waals surface area contributed by atoms with E-state index in [9.17, 15) is 45.6 Å². The molecule has 4 saturated carbocycles. The van der Waals surface area contributed by atoms with E-state index in [1.165, 1.54) is 0 Å². The number of hydrogen-bond donors (Lipinski definition) is 8. The van der Waals surface area contributed by atoms with Gasteiger partial charge in [0.2, 0.25) is 6.29 Å². The molecule has 19 atom stereocenters. The molecule has 5 aliphatic carbocycles. The predicted molar refractivity (Wildman–Crippen MR) is 193 cm³/mol. The molecular formula is C41H66O13. The second-order valence-corrected chi connectivity index (χ2v) is 19.9. The summed E-state index contributed by atoms with van der Waals surface area (Å²) in [6.07, 6.45) is -4.04. The van der Waals surface area contributed by atoms with Crippen molar-refractivity contribution in [2.75, 3.05) is 13.2 Å². The maximum absolute atomic E-state index is 14.6. The van der Waals surface area contributed by atoms with Crippen LogP contribution in [0.25, 0.3) is 0 Å². The molecular weight excluding hydrogens is 700 g/mol. The fraction of sp³-hybridized carbons (Fsp3) is 0.927. The van der Waals surface area contributed by atoms with Gasteiger partial charge in [0.05, 0.1) is 30.3 Å². The van der Waals surface area contributed by atoms with Crippen LogP contribution in [0.1, 0.15) is 106 Å². The molecule has 0 bridgehead atoms. The lowest BCUT2D eigenvalue weighted by Gasteiger charge is -2.72. The number of allylic oxidation sites excluding steroid dienone is 1. The number of esters is 1. The Morgan fingerprint density at radius 3 is 2.19 bits per heavy atom. The van der Waals surface area contributed by atoms with E-state index in [2.05, 4.69) is 40.7 Å². The van der Waals surface area contributed by atoms with Crippen LogP contribution in [0.3, 0.4) is 0 Å². The van der Waals surface area contributed by atoms with Crippen molar-refractivity contribution in [3.8, 4) is 0 Å². The molecule has 0 radical (unpaired) electrons. The normalized spacial score (nSPS) is 55.6. The fourth-order valence-corrected chi connectivity index (χ4v) is 13.5. The molecule has 1 unspecified atom stereocenters. The Morgan fingerprint density at radius 1 is 0.815 bits per heavy atom. The number of ether oxygens (including phenoxy) is 4. The standard InChI is InChI=1S/C41H66O13/c1-20-10-15-41(35(49)54-34-31(48)29(46)28(45)23(18-42)52-34)17-16-38(5)21(32(41)40(20,7)50)8-9-25-37(4)13-12-26(36(2,3)24(37)11-14-39(25,38)6)53-33-30(47)27(44)22(43)19-51-33/h8,20,22-34,42-48,50H,9-19H2,1-7H3/t20-,22+,23-,24+,25-,26+,27+,28-,29+,30-,31-,32-,33+,34?,37+,38-,39-,40-,41+/m1/s1. The first-order valence-corrected chi connectivity index (χ1v) is 20.4. The van der Waals surface area contributed by atoms with Crippen molar-refractivity contribution >= 4 is 5.97 Å². The maximum atomic E-state index is 14.6. The Balaban J connectivity index is 1.19. The molecule has 13 nitrogen and oxygen atoms in total.